The van der Waals surface area contributed by atoms with E-state index in [1.807, 2.05) is 24.3 Å². The summed E-state index contributed by atoms with van der Waals surface area (Å²) in [5.41, 5.74) is 1.71. The summed E-state index contributed by atoms with van der Waals surface area (Å²) in [5.74, 6) is 0.313. The molecule has 156 valence electrons. The van der Waals surface area contributed by atoms with Gasteiger partial charge in [0.05, 0.1) is 11.1 Å². The second kappa shape index (κ2) is 9.06. The topological polar surface area (TPSA) is 84.9 Å². The lowest BCUT2D eigenvalue weighted by atomic mass is 10.1. The molecule has 2 N–H and O–H groups in total. The quantitative estimate of drug-likeness (QED) is 0.484. The van der Waals surface area contributed by atoms with Gasteiger partial charge in [0.2, 0.25) is 0 Å². The zero-order valence-electron chi connectivity index (χ0n) is 16.3. The number of halogens is 1. The van der Waals surface area contributed by atoms with E-state index in [0.29, 0.717) is 29.2 Å². The van der Waals surface area contributed by atoms with Crippen molar-refractivity contribution in [3.05, 3.63) is 93.6 Å². The highest BCUT2D eigenvalue weighted by atomic mass is 79.9. The van der Waals surface area contributed by atoms with Crippen molar-refractivity contribution in [1.82, 2.24) is 5.32 Å². The molecule has 3 aromatic rings. The Balaban J connectivity index is 1.49. The highest BCUT2D eigenvalue weighted by Crippen LogP contribution is 2.29. The lowest BCUT2D eigenvalue weighted by Crippen LogP contribution is -2.27. The van der Waals surface area contributed by atoms with Crippen molar-refractivity contribution in [2.24, 2.45) is 0 Å². The summed E-state index contributed by atoms with van der Waals surface area (Å²) < 4.78 is 12.1. The van der Waals surface area contributed by atoms with Gasteiger partial charge in [-0.25, -0.2) is 4.79 Å². The third-order valence-electron chi connectivity index (χ3n) is 4.69. The number of aliphatic carboxylic acids is 1. The molecular weight excluding hydrogens is 462 g/mol. The first-order valence-electron chi connectivity index (χ1n) is 9.54. The van der Waals surface area contributed by atoms with Gasteiger partial charge in [-0.15, -0.1) is 0 Å². The molecule has 0 bridgehead atoms. The first kappa shape index (κ1) is 20.7. The second-order valence-corrected chi connectivity index (χ2v) is 7.69. The number of carboxylic acids is 1. The van der Waals surface area contributed by atoms with Crippen LogP contribution in [-0.2, 0) is 11.2 Å². The van der Waals surface area contributed by atoms with Gasteiger partial charge >= 0.3 is 5.97 Å². The number of rotatable bonds is 6. The molecule has 1 heterocycles. The van der Waals surface area contributed by atoms with Crippen LogP contribution in [0, 0.1) is 0 Å². The van der Waals surface area contributed by atoms with E-state index < -0.39 is 11.9 Å². The summed E-state index contributed by atoms with van der Waals surface area (Å²) in [5, 5.41) is 12.0. The molecule has 1 aliphatic rings. The van der Waals surface area contributed by atoms with E-state index in [1.54, 1.807) is 42.5 Å². The fourth-order valence-electron chi connectivity index (χ4n) is 3.13. The summed E-state index contributed by atoms with van der Waals surface area (Å²) in [4.78, 5) is 24.2. The Hall–Kier alpha value is -3.58. The first-order valence-corrected chi connectivity index (χ1v) is 10.3. The van der Waals surface area contributed by atoms with Gasteiger partial charge in [0.25, 0.3) is 5.91 Å². The summed E-state index contributed by atoms with van der Waals surface area (Å²) in [6, 6.07) is 19.4. The Morgan fingerprint density at radius 1 is 1.06 bits per heavy atom. The van der Waals surface area contributed by atoms with Crippen molar-refractivity contribution in [1.29, 1.82) is 0 Å². The maximum atomic E-state index is 12.6. The number of fused-ring (bicyclic) bond motifs is 1. The van der Waals surface area contributed by atoms with Crippen molar-refractivity contribution >= 4 is 33.9 Å². The zero-order chi connectivity index (χ0) is 21.8. The van der Waals surface area contributed by atoms with Crippen LogP contribution in [0.3, 0.4) is 0 Å². The summed E-state index contributed by atoms with van der Waals surface area (Å²) in [7, 11) is 0. The minimum Gasteiger partial charge on any atom is -0.493 e. The van der Waals surface area contributed by atoms with Crippen LogP contribution in [0.15, 0.2) is 76.9 Å². The predicted molar refractivity (Wildman–Crippen MR) is 119 cm³/mol. The molecule has 0 fully saturated rings. The van der Waals surface area contributed by atoms with Gasteiger partial charge in [-0.05, 0) is 75.6 Å². The van der Waals surface area contributed by atoms with Gasteiger partial charge in [0.1, 0.15) is 22.9 Å². The second-order valence-electron chi connectivity index (χ2n) is 6.84. The number of para-hydroxylation sites is 1. The van der Waals surface area contributed by atoms with E-state index in [4.69, 9.17) is 9.47 Å². The molecule has 0 radical (unpaired) electrons. The Kier molecular flexibility index (Phi) is 6.04. The van der Waals surface area contributed by atoms with Gasteiger partial charge < -0.3 is 19.9 Å². The molecule has 7 heteroatoms. The number of ether oxygens (including phenoxy) is 2. The van der Waals surface area contributed by atoms with Gasteiger partial charge in [-0.3, -0.25) is 4.79 Å². The van der Waals surface area contributed by atoms with Crippen molar-refractivity contribution in [2.75, 3.05) is 6.61 Å². The van der Waals surface area contributed by atoms with Crippen LogP contribution in [0.5, 0.6) is 17.2 Å². The average molecular weight is 480 g/mol. The maximum Gasteiger partial charge on any atom is 0.352 e. The Morgan fingerprint density at radius 2 is 1.84 bits per heavy atom. The Labute approximate surface area is 187 Å². The molecule has 0 aromatic heterocycles. The molecule has 0 saturated carbocycles. The first-order chi connectivity index (χ1) is 15.0. The number of benzene rings is 3. The molecule has 6 nitrogen and oxygen atoms in total. The number of carboxylic acid groups (broad SMARTS) is 1. The normalized spacial score (nSPS) is 12.6. The smallest absolute Gasteiger partial charge is 0.352 e. The number of nitrogens with one attached hydrogen (secondary N) is 1. The molecule has 0 spiro atoms. The van der Waals surface area contributed by atoms with Gasteiger partial charge in [-0.2, -0.15) is 0 Å². The Morgan fingerprint density at radius 3 is 2.58 bits per heavy atom. The highest BCUT2D eigenvalue weighted by Gasteiger charge is 2.17. The SMILES string of the molecule is O=C(O)C(=Cc1ccc(Oc2ccccc2Br)cc1)NC(=O)c1ccc2c(c1)CCO2. The van der Waals surface area contributed by atoms with Crippen LogP contribution in [0.4, 0.5) is 0 Å². The molecule has 4 rings (SSSR count). The standard InChI is InChI=1S/C24H18BrNO5/c25-19-3-1-2-4-22(19)31-18-8-5-15(6-9-18)13-20(24(28)29)26-23(27)17-7-10-21-16(14-17)11-12-30-21/h1-10,13-14H,11-12H2,(H,26,27)(H,28,29). The van der Waals surface area contributed by atoms with Gasteiger partial charge in [0, 0.05) is 12.0 Å². The monoisotopic (exact) mass is 479 g/mol. The van der Waals surface area contributed by atoms with Gasteiger partial charge in [-0.1, -0.05) is 24.3 Å². The molecule has 3 aromatic carbocycles. The number of hydrogen-bond donors (Lipinski definition) is 2. The molecule has 0 unspecified atom stereocenters. The summed E-state index contributed by atoms with van der Waals surface area (Å²) in [6.45, 7) is 0.585. The fourth-order valence-corrected chi connectivity index (χ4v) is 3.49. The summed E-state index contributed by atoms with van der Waals surface area (Å²) in [6.07, 6.45) is 2.13. The van der Waals surface area contributed by atoms with Crippen LogP contribution < -0.4 is 14.8 Å². The molecule has 0 aliphatic carbocycles. The lowest BCUT2D eigenvalue weighted by Gasteiger charge is -2.09. The highest BCUT2D eigenvalue weighted by molar-refractivity contribution is 9.10. The number of carbonyl (C=O) groups excluding carboxylic acids is 1. The lowest BCUT2D eigenvalue weighted by molar-refractivity contribution is -0.132. The Bertz CT molecular complexity index is 1170. The zero-order valence-corrected chi connectivity index (χ0v) is 17.9. The average Bonchev–Trinajstić information content (AvgIpc) is 3.24. The van der Waals surface area contributed by atoms with Crippen LogP contribution >= 0.6 is 15.9 Å². The van der Waals surface area contributed by atoms with E-state index >= 15 is 0 Å². The molecular formula is C24H18BrNO5. The van der Waals surface area contributed by atoms with Crippen molar-refractivity contribution in [3.63, 3.8) is 0 Å². The van der Waals surface area contributed by atoms with E-state index in [1.165, 1.54) is 6.08 Å². The maximum absolute atomic E-state index is 12.6. The minimum atomic E-state index is -1.23. The largest absolute Gasteiger partial charge is 0.493 e. The van der Waals surface area contributed by atoms with Crippen molar-refractivity contribution in [3.8, 4) is 17.2 Å². The molecule has 31 heavy (non-hydrogen) atoms. The van der Waals surface area contributed by atoms with Crippen LogP contribution in [0.2, 0.25) is 0 Å². The summed E-state index contributed by atoms with van der Waals surface area (Å²) >= 11 is 3.43. The molecule has 0 saturated heterocycles. The number of hydrogen-bond acceptors (Lipinski definition) is 4. The predicted octanol–water partition coefficient (Wildman–Crippen LogP) is 5.03. The fraction of sp³-hybridized carbons (Fsp3) is 0.0833. The van der Waals surface area contributed by atoms with E-state index in [9.17, 15) is 14.7 Å². The third kappa shape index (κ3) is 4.95. The van der Waals surface area contributed by atoms with Crippen molar-refractivity contribution < 1.29 is 24.2 Å². The molecule has 1 aliphatic heterocycles. The van der Waals surface area contributed by atoms with Crippen LogP contribution in [-0.4, -0.2) is 23.6 Å². The van der Waals surface area contributed by atoms with Crippen LogP contribution in [0.25, 0.3) is 6.08 Å². The molecule has 1 amide bonds. The van der Waals surface area contributed by atoms with E-state index in [0.717, 1.165) is 22.2 Å². The number of carbonyl (C=O) groups is 2. The van der Waals surface area contributed by atoms with E-state index in [-0.39, 0.29) is 5.70 Å². The minimum absolute atomic E-state index is 0.221. The van der Waals surface area contributed by atoms with Crippen LogP contribution in [0.1, 0.15) is 21.5 Å². The van der Waals surface area contributed by atoms with E-state index in [2.05, 4.69) is 21.2 Å². The number of amides is 1. The van der Waals surface area contributed by atoms with Crippen molar-refractivity contribution in [2.45, 2.75) is 6.42 Å². The van der Waals surface area contributed by atoms with Gasteiger partial charge in [0.15, 0.2) is 0 Å². The molecule has 0 atom stereocenters. The third-order valence-corrected chi connectivity index (χ3v) is 5.34.